The van der Waals surface area contributed by atoms with Gasteiger partial charge in [-0.3, -0.25) is 9.80 Å². The highest BCUT2D eigenvalue weighted by molar-refractivity contribution is 5.00. The van der Waals surface area contributed by atoms with E-state index in [2.05, 4.69) is 56.2 Å². The summed E-state index contributed by atoms with van der Waals surface area (Å²) < 4.78 is 0. The lowest BCUT2D eigenvalue weighted by Gasteiger charge is -2.56. The van der Waals surface area contributed by atoms with E-state index in [1.807, 2.05) is 0 Å². The standard InChI is InChI=1S/C20H39N3/c1-18(2,3)22-11-8-20(9-12-22)15-21(16-20)13-17-7-10-23(14-17)19(4,5)6/h17H,7-16H2,1-6H3. The number of nitrogens with zero attached hydrogens (tertiary/aromatic N) is 3. The molecule has 3 aliphatic heterocycles. The molecule has 3 aliphatic rings. The zero-order valence-electron chi connectivity index (χ0n) is 16.5. The van der Waals surface area contributed by atoms with Crippen LogP contribution in [0.3, 0.4) is 0 Å². The van der Waals surface area contributed by atoms with Gasteiger partial charge in [0.05, 0.1) is 0 Å². The van der Waals surface area contributed by atoms with Gasteiger partial charge in [0.15, 0.2) is 0 Å². The molecule has 0 bridgehead atoms. The monoisotopic (exact) mass is 321 g/mol. The Morgan fingerprint density at radius 3 is 1.87 bits per heavy atom. The van der Waals surface area contributed by atoms with Crippen LogP contribution in [0.15, 0.2) is 0 Å². The molecule has 0 amide bonds. The van der Waals surface area contributed by atoms with E-state index in [4.69, 9.17) is 0 Å². The first-order chi connectivity index (χ1) is 10.6. The molecule has 0 aromatic rings. The average Bonchev–Trinajstić information content (AvgIpc) is 2.85. The van der Waals surface area contributed by atoms with E-state index in [9.17, 15) is 0 Å². The maximum absolute atomic E-state index is 2.75. The van der Waals surface area contributed by atoms with Crippen LogP contribution in [0.2, 0.25) is 0 Å². The first kappa shape index (κ1) is 17.7. The van der Waals surface area contributed by atoms with Crippen LogP contribution in [-0.2, 0) is 0 Å². The lowest BCUT2D eigenvalue weighted by molar-refractivity contribution is -0.0669. The van der Waals surface area contributed by atoms with Gasteiger partial charge < -0.3 is 4.90 Å². The zero-order chi connectivity index (χ0) is 16.9. The SMILES string of the molecule is CC(C)(C)N1CCC2(CC1)CN(CC1CCN(C(C)(C)C)C1)C2. The Kier molecular flexibility index (Phi) is 4.61. The molecule has 0 N–H and O–H groups in total. The highest BCUT2D eigenvalue weighted by Crippen LogP contribution is 2.42. The molecule has 3 nitrogen and oxygen atoms in total. The van der Waals surface area contributed by atoms with Gasteiger partial charge in [-0.25, -0.2) is 0 Å². The Labute approximate surface area is 144 Å². The maximum atomic E-state index is 2.75. The van der Waals surface area contributed by atoms with Gasteiger partial charge in [-0.15, -0.1) is 0 Å². The summed E-state index contributed by atoms with van der Waals surface area (Å²) in [6.07, 6.45) is 4.23. The molecule has 0 saturated carbocycles. The molecule has 3 heterocycles. The lowest BCUT2D eigenvalue weighted by atomic mass is 9.71. The summed E-state index contributed by atoms with van der Waals surface area (Å²) in [6, 6.07) is 0. The van der Waals surface area contributed by atoms with Crippen LogP contribution < -0.4 is 0 Å². The van der Waals surface area contributed by atoms with Crippen molar-refractivity contribution in [2.45, 2.75) is 71.9 Å². The van der Waals surface area contributed by atoms with Crippen LogP contribution in [0, 0.1) is 11.3 Å². The van der Waals surface area contributed by atoms with Gasteiger partial charge in [-0.05, 0) is 91.8 Å². The number of piperidine rings is 1. The Hall–Kier alpha value is -0.120. The second kappa shape index (κ2) is 6.00. The third-order valence-electron chi connectivity index (χ3n) is 6.64. The minimum absolute atomic E-state index is 0.352. The van der Waals surface area contributed by atoms with E-state index in [1.54, 1.807) is 0 Å². The van der Waals surface area contributed by atoms with Gasteiger partial charge in [-0.2, -0.15) is 0 Å². The van der Waals surface area contributed by atoms with E-state index in [-0.39, 0.29) is 0 Å². The molecule has 0 radical (unpaired) electrons. The van der Waals surface area contributed by atoms with Crippen molar-refractivity contribution in [2.24, 2.45) is 11.3 Å². The molecule has 0 aromatic carbocycles. The topological polar surface area (TPSA) is 9.72 Å². The van der Waals surface area contributed by atoms with Crippen LogP contribution >= 0.6 is 0 Å². The van der Waals surface area contributed by atoms with Crippen molar-refractivity contribution in [1.82, 2.24) is 14.7 Å². The quantitative estimate of drug-likeness (QED) is 0.772. The van der Waals surface area contributed by atoms with E-state index in [1.165, 1.54) is 65.1 Å². The fourth-order valence-corrected chi connectivity index (χ4v) is 4.96. The summed E-state index contributed by atoms with van der Waals surface area (Å²) in [7, 11) is 0. The van der Waals surface area contributed by atoms with Crippen LogP contribution in [-0.4, -0.2) is 71.6 Å². The number of hydrogen-bond donors (Lipinski definition) is 0. The van der Waals surface area contributed by atoms with Crippen LogP contribution in [0.4, 0.5) is 0 Å². The first-order valence-electron chi connectivity index (χ1n) is 9.80. The van der Waals surface area contributed by atoms with E-state index in [0.717, 1.165) is 5.92 Å². The van der Waals surface area contributed by atoms with E-state index < -0.39 is 0 Å². The molecule has 3 fully saturated rings. The minimum atomic E-state index is 0.352. The molecule has 3 saturated heterocycles. The molecule has 0 aromatic heterocycles. The smallest absolute Gasteiger partial charge is 0.0125 e. The maximum Gasteiger partial charge on any atom is 0.0125 e. The molecule has 3 heteroatoms. The Morgan fingerprint density at radius 2 is 1.39 bits per heavy atom. The first-order valence-corrected chi connectivity index (χ1v) is 9.80. The van der Waals surface area contributed by atoms with Crippen LogP contribution in [0.25, 0.3) is 0 Å². The normalized spacial score (nSPS) is 30.8. The van der Waals surface area contributed by atoms with Crippen molar-refractivity contribution >= 4 is 0 Å². The molecule has 1 atom stereocenters. The number of rotatable bonds is 2. The van der Waals surface area contributed by atoms with Crippen molar-refractivity contribution in [3.8, 4) is 0 Å². The summed E-state index contributed by atoms with van der Waals surface area (Å²) in [5.41, 5.74) is 1.38. The van der Waals surface area contributed by atoms with Crippen molar-refractivity contribution < 1.29 is 0 Å². The van der Waals surface area contributed by atoms with Crippen molar-refractivity contribution in [3.05, 3.63) is 0 Å². The minimum Gasteiger partial charge on any atom is -0.302 e. The lowest BCUT2D eigenvalue weighted by Crippen LogP contribution is -2.62. The van der Waals surface area contributed by atoms with Crippen LogP contribution in [0.1, 0.15) is 60.8 Å². The molecule has 1 spiro atoms. The fraction of sp³-hybridized carbons (Fsp3) is 1.00. The molecule has 134 valence electrons. The van der Waals surface area contributed by atoms with Gasteiger partial charge in [0.1, 0.15) is 0 Å². The number of hydrogen-bond acceptors (Lipinski definition) is 3. The van der Waals surface area contributed by atoms with Gasteiger partial charge in [0.2, 0.25) is 0 Å². The van der Waals surface area contributed by atoms with E-state index >= 15 is 0 Å². The summed E-state index contributed by atoms with van der Waals surface area (Å²) in [5, 5.41) is 0. The average molecular weight is 322 g/mol. The van der Waals surface area contributed by atoms with Crippen molar-refractivity contribution in [1.29, 1.82) is 0 Å². The predicted octanol–water partition coefficient (Wildman–Crippen LogP) is 3.30. The highest BCUT2D eigenvalue weighted by Gasteiger charge is 2.46. The molecule has 23 heavy (non-hydrogen) atoms. The molecule has 1 unspecified atom stereocenters. The Balaban J connectivity index is 1.41. The van der Waals surface area contributed by atoms with Crippen LogP contribution in [0.5, 0.6) is 0 Å². The predicted molar refractivity (Wildman–Crippen MR) is 98.9 cm³/mol. The Bertz CT molecular complexity index is 402. The van der Waals surface area contributed by atoms with Gasteiger partial charge in [0, 0.05) is 37.3 Å². The summed E-state index contributed by atoms with van der Waals surface area (Å²) in [4.78, 5) is 8.11. The number of likely N-dealkylation sites (tertiary alicyclic amines) is 3. The molecule has 0 aliphatic carbocycles. The second-order valence-corrected chi connectivity index (χ2v) is 10.6. The third-order valence-corrected chi connectivity index (χ3v) is 6.64. The molecular formula is C20H39N3. The molecular weight excluding hydrogens is 282 g/mol. The van der Waals surface area contributed by atoms with Gasteiger partial charge in [-0.1, -0.05) is 0 Å². The van der Waals surface area contributed by atoms with E-state index in [0.29, 0.717) is 16.5 Å². The third kappa shape index (κ3) is 3.93. The van der Waals surface area contributed by atoms with Gasteiger partial charge in [0.25, 0.3) is 0 Å². The summed E-state index contributed by atoms with van der Waals surface area (Å²) in [5.74, 6) is 0.904. The van der Waals surface area contributed by atoms with Crippen molar-refractivity contribution in [2.75, 3.05) is 45.8 Å². The zero-order valence-corrected chi connectivity index (χ0v) is 16.5. The fourth-order valence-electron chi connectivity index (χ4n) is 4.96. The molecule has 3 rings (SSSR count). The van der Waals surface area contributed by atoms with Gasteiger partial charge >= 0.3 is 0 Å². The summed E-state index contributed by atoms with van der Waals surface area (Å²) in [6.45, 7) is 23.5. The Morgan fingerprint density at radius 1 is 0.826 bits per heavy atom. The highest BCUT2D eigenvalue weighted by atomic mass is 15.3. The largest absolute Gasteiger partial charge is 0.302 e. The van der Waals surface area contributed by atoms with Crippen molar-refractivity contribution in [3.63, 3.8) is 0 Å². The summed E-state index contributed by atoms with van der Waals surface area (Å²) >= 11 is 0. The second-order valence-electron chi connectivity index (χ2n) is 10.6.